The summed E-state index contributed by atoms with van der Waals surface area (Å²) in [6.45, 7) is -0.234. The van der Waals surface area contributed by atoms with E-state index < -0.39 is 23.7 Å². The second kappa shape index (κ2) is 11.5. The maximum absolute atomic E-state index is 15.3. The first-order valence-corrected chi connectivity index (χ1v) is 12.9. The molecule has 3 aromatic carbocycles. The molecule has 1 heterocycles. The smallest absolute Gasteiger partial charge is 0.249 e. The van der Waals surface area contributed by atoms with E-state index in [2.05, 4.69) is 15.6 Å². The van der Waals surface area contributed by atoms with Gasteiger partial charge in [-0.25, -0.2) is 9.07 Å². The fourth-order valence-electron chi connectivity index (χ4n) is 5.05. The van der Waals surface area contributed by atoms with E-state index in [9.17, 15) is 9.59 Å². The van der Waals surface area contributed by atoms with E-state index in [0.717, 1.165) is 25.7 Å². The van der Waals surface area contributed by atoms with Crippen molar-refractivity contribution in [3.05, 3.63) is 78.1 Å². The van der Waals surface area contributed by atoms with Crippen LogP contribution in [0.2, 0.25) is 0 Å². The summed E-state index contributed by atoms with van der Waals surface area (Å²) in [4.78, 5) is 29.4. The molecule has 2 amide bonds. The van der Waals surface area contributed by atoms with Gasteiger partial charge in [0.25, 0.3) is 0 Å². The third kappa shape index (κ3) is 5.55. The molecule has 4 aromatic rings. The zero-order valence-electron chi connectivity index (χ0n) is 21.8. The molecule has 1 aliphatic carbocycles. The van der Waals surface area contributed by atoms with Crippen molar-refractivity contribution < 1.29 is 23.5 Å². The number of carbonyl (C=O) groups is 2. The monoisotopic (exact) mass is 531 g/mol. The molecule has 0 radical (unpaired) electrons. The van der Waals surface area contributed by atoms with Crippen molar-refractivity contribution in [2.45, 2.75) is 44.3 Å². The van der Waals surface area contributed by atoms with Crippen molar-refractivity contribution in [1.82, 2.24) is 20.3 Å². The summed E-state index contributed by atoms with van der Waals surface area (Å²) in [5.74, 6) is -0.724. The van der Waals surface area contributed by atoms with Gasteiger partial charge in [-0.3, -0.25) is 14.5 Å². The van der Waals surface area contributed by atoms with Crippen molar-refractivity contribution >= 4 is 28.5 Å². The highest BCUT2D eigenvalue weighted by atomic mass is 19.1. The van der Waals surface area contributed by atoms with E-state index in [1.165, 1.54) is 35.9 Å². The number of anilines is 1. The molecular formula is C29H30FN5O4. The van der Waals surface area contributed by atoms with Crippen LogP contribution < -0.4 is 19.7 Å². The summed E-state index contributed by atoms with van der Waals surface area (Å²) in [6, 6.07) is 16.8. The van der Waals surface area contributed by atoms with Gasteiger partial charge in [0.1, 0.15) is 35.4 Å². The Labute approximate surface area is 225 Å². The Morgan fingerprint density at radius 1 is 1.03 bits per heavy atom. The lowest BCUT2D eigenvalue weighted by Gasteiger charge is -2.33. The third-order valence-electron chi connectivity index (χ3n) is 7.00. The van der Waals surface area contributed by atoms with Gasteiger partial charge in [0, 0.05) is 29.8 Å². The lowest BCUT2D eigenvalue weighted by atomic mass is 10.0. The molecule has 0 spiro atoms. The van der Waals surface area contributed by atoms with E-state index in [0.29, 0.717) is 28.2 Å². The van der Waals surface area contributed by atoms with Crippen LogP contribution in [-0.4, -0.2) is 47.1 Å². The number of ether oxygens (including phenoxy) is 2. The number of nitrogens with zero attached hydrogens (tertiary/aromatic N) is 4. The quantitative estimate of drug-likeness (QED) is 0.343. The van der Waals surface area contributed by atoms with Crippen LogP contribution >= 0.6 is 0 Å². The summed E-state index contributed by atoms with van der Waals surface area (Å²) in [5, 5.41) is 11.4. The summed E-state index contributed by atoms with van der Waals surface area (Å²) in [6.07, 6.45) is 3.68. The number of fused-ring (bicyclic) bond motifs is 1. The van der Waals surface area contributed by atoms with Crippen LogP contribution in [-0.2, 0) is 16.1 Å². The number of rotatable bonds is 9. The maximum Gasteiger partial charge on any atom is 0.249 e. The molecule has 0 bridgehead atoms. The molecular weight excluding hydrogens is 501 g/mol. The maximum atomic E-state index is 15.3. The molecule has 0 aliphatic heterocycles. The molecule has 1 fully saturated rings. The van der Waals surface area contributed by atoms with Crippen LogP contribution in [0.1, 0.15) is 37.3 Å². The zero-order valence-corrected chi connectivity index (χ0v) is 21.8. The first-order chi connectivity index (χ1) is 19.0. The van der Waals surface area contributed by atoms with Gasteiger partial charge >= 0.3 is 0 Å². The van der Waals surface area contributed by atoms with Crippen molar-refractivity contribution in [2.75, 3.05) is 19.1 Å². The summed E-state index contributed by atoms with van der Waals surface area (Å²) >= 11 is 0. The Bertz CT molecular complexity index is 1460. The van der Waals surface area contributed by atoms with Gasteiger partial charge in [0.05, 0.1) is 25.4 Å². The molecule has 1 aromatic heterocycles. The van der Waals surface area contributed by atoms with Gasteiger partial charge in [-0.1, -0.05) is 48.4 Å². The van der Waals surface area contributed by atoms with Crippen molar-refractivity contribution in [1.29, 1.82) is 0 Å². The van der Waals surface area contributed by atoms with Crippen LogP contribution in [0.15, 0.2) is 66.7 Å². The minimum atomic E-state index is -1.30. The molecule has 1 aliphatic rings. The van der Waals surface area contributed by atoms with E-state index in [-0.39, 0.29) is 18.2 Å². The number of amides is 2. The Kier molecular flexibility index (Phi) is 7.72. The average Bonchev–Trinajstić information content (AvgIpc) is 3.62. The van der Waals surface area contributed by atoms with Crippen LogP contribution in [0.3, 0.4) is 0 Å². The highest BCUT2D eigenvalue weighted by Crippen LogP contribution is 2.35. The normalized spacial score (nSPS) is 14.2. The second-order valence-corrected chi connectivity index (χ2v) is 9.48. The fourth-order valence-corrected chi connectivity index (χ4v) is 5.05. The summed E-state index contributed by atoms with van der Waals surface area (Å²) < 4.78 is 27.7. The molecule has 1 atom stereocenters. The first-order valence-electron chi connectivity index (χ1n) is 12.9. The van der Waals surface area contributed by atoms with Gasteiger partial charge in [-0.2, -0.15) is 0 Å². The fraction of sp³-hybridized carbons (Fsp3) is 0.310. The molecule has 10 heteroatoms. The largest absolute Gasteiger partial charge is 0.497 e. The molecule has 0 unspecified atom stereocenters. The Morgan fingerprint density at radius 2 is 1.69 bits per heavy atom. The number of hydrogen-bond donors (Lipinski definition) is 1. The Morgan fingerprint density at radius 3 is 2.38 bits per heavy atom. The standard InChI is InChI=1S/C29H30FN5O4/c1-38-21-15-20(16-22(17-21)39-2)35(27(36)18-34-26-14-8-7-13-25(26)32-33-34)28(23-11-5-6-12-24(23)30)29(37)31-19-9-3-4-10-19/h5-8,11-17,19,28H,3-4,9-10,18H2,1-2H3,(H,31,37)/t28-/m1/s1. The van der Waals surface area contributed by atoms with Crippen LogP contribution in [0.4, 0.5) is 10.1 Å². The molecule has 9 nitrogen and oxygen atoms in total. The number of methoxy groups -OCH3 is 2. The van der Waals surface area contributed by atoms with Gasteiger partial charge in [-0.15, -0.1) is 5.10 Å². The number of aromatic nitrogens is 3. The number of hydrogen-bond acceptors (Lipinski definition) is 6. The van der Waals surface area contributed by atoms with Gasteiger partial charge in [0.2, 0.25) is 11.8 Å². The molecule has 0 saturated heterocycles. The topological polar surface area (TPSA) is 98.6 Å². The molecule has 39 heavy (non-hydrogen) atoms. The number of halogens is 1. The first kappa shape index (κ1) is 26.1. The van der Waals surface area contributed by atoms with Crippen molar-refractivity contribution in [3.63, 3.8) is 0 Å². The minimum absolute atomic E-state index is 0.0390. The zero-order chi connectivity index (χ0) is 27.4. The van der Waals surface area contributed by atoms with Crippen LogP contribution in [0.25, 0.3) is 11.0 Å². The second-order valence-electron chi connectivity index (χ2n) is 9.48. The minimum Gasteiger partial charge on any atom is -0.497 e. The lowest BCUT2D eigenvalue weighted by molar-refractivity contribution is -0.127. The molecule has 5 rings (SSSR count). The summed E-state index contributed by atoms with van der Waals surface area (Å²) in [5.41, 5.74) is 1.68. The molecule has 1 saturated carbocycles. The van der Waals surface area contributed by atoms with Crippen molar-refractivity contribution in [3.8, 4) is 11.5 Å². The SMILES string of the molecule is COc1cc(OC)cc(N(C(=O)Cn2nnc3ccccc32)[C@@H](C(=O)NC2CCCC2)c2ccccc2F)c1. The Balaban J connectivity index is 1.63. The van der Waals surface area contributed by atoms with E-state index in [4.69, 9.17) is 9.47 Å². The highest BCUT2D eigenvalue weighted by molar-refractivity contribution is 6.02. The van der Waals surface area contributed by atoms with E-state index in [1.807, 2.05) is 18.2 Å². The number of para-hydroxylation sites is 1. The lowest BCUT2D eigenvalue weighted by Crippen LogP contribution is -2.47. The summed E-state index contributed by atoms with van der Waals surface area (Å²) in [7, 11) is 2.99. The predicted molar refractivity (Wildman–Crippen MR) is 144 cm³/mol. The average molecular weight is 532 g/mol. The predicted octanol–water partition coefficient (Wildman–Crippen LogP) is 4.42. The molecule has 1 N–H and O–H groups in total. The van der Waals surface area contributed by atoms with Gasteiger partial charge in [-0.05, 0) is 31.0 Å². The Hall–Kier alpha value is -4.47. The van der Waals surface area contributed by atoms with Gasteiger partial charge in [0.15, 0.2) is 0 Å². The van der Waals surface area contributed by atoms with E-state index in [1.54, 1.807) is 36.4 Å². The highest BCUT2D eigenvalue weighted by Gasteiger charge is 2.36. The van der Waals surface area contributed by atoms with Crippen LogP contribution in [0, 0.1) is 5.82 Å². The number of benzene rings is 3. The third-order valence-corrected chi connectivity index (χ3v) is 7.00. The van der Waals surface area contributed by atoms with Crippen molar-refractivity contribution in [2.24, 2.45) is 0 Å². The van der Waals surface area contributed by atoms with E-state index >= 15 is 4.39 Å². The molecule has 202 valence electrons. The van der Waals surface area contributed by atoms with Gasteiger partial charge < -0.3 is 14.8 Å². The van der Waals surface area contributed by atoms with Crippen LogP contribution in [0.5, 0.6) is 11.5 Å². The number of carbonyl (C=O) groups excluding carboxylic acids is 2. The number of nitrogens with one attached hydrogen (secondary N) is 1.